The molecule has 30 heavy (non-hydrogen) atoms. The van der Waals surface area contributed by atoms with Crippen molar-refractivity contribution < 1.29 is 9.59 Å². The van der Waals surface area contributed by atoms with E-state index in [1.807, 2.05) is 49.4 Å². The van der Waals surface area contributed by atoms with Crippen LogP contribution < -0.4 is 5.32 Å². The molecule has 148 valence electrons. The van der Waals surface area contributed by atoms with Gasteiger partial charge in [0.25, 0.3) is 5.91 Å². The third kappa shape index (κ3) is 3.85. The number of fused-ring (bicyclic) bond motifs is 1. The number of aryl methyl sites for hydroxylation is 2. The lowest BCUT2D eigenvalue weighted by Crippen LogP contribution is -2.13. The Morgan fingerprint density at radius 3 is 2.43 bits per heavy atom. The van der Waals surface area contributed by atoms with Crippen LogP contribution in [0.3, 0.4) is 0 Å². The molecule has 1 heterocycles. The van der Waals surface area contributed by atoms with Gasteiger partial charge in [-0.3, -0.25) is 9.59 Å². The highest BCUT2D eigenvalue weighted by atomic mass is 16.1. The summed E-state index contributed by atoms with van der Waals surface area (Å²) in [4.78, 5) is 29.7. The Labute approximate surface area is 175 Å². The fourth-order valence-electron chi connectivity index (χ4n) is 3.62. The van der Waals surface area contributed by atoms with Gasteiger partial charge in [0.2, 0.25) is 0 Å². The first-order chi connectivity index (χ1) is 14.4. The molecule has 4 aromatic rings. The van der Waals surface area contributed by atoms with Gasteiger partial charge in [0, 0.05) is 22.2 Å². The minimum Gasteiger partial charge on any atom is -0.322 e. The van der Waals surface area contributed by atoms with E-state index in [1.54, 1.807) is 24.3 Å². The first kappa shape index (κ1) is 19.5. The maximum atomic E-state index is 13.2. The fraction of sp³-hybridized carbons (Fsp3) is 0.115. The molecule has 0 aliphatic heterocycles. The van der Waals surface area contributed by atoms with Gasteiger partial charge >= 0.3 is 0 Å². The zero-order valence-electron chi connectivity index (χ0n) is 17.2. The highest BCUT2D eigenvalue weighted by Crippen LogP contribution is 2.28. The summed E-state index contributed by atoms with van der Waals surface area (Å²) in [5, 5.41) is 3.71. The number of ketones is 1. The highest BCUT2D eigenvalue weighted by molar-refractivity contribution is 6.13. The average Bonchev–Trinajstić information content (AvgIpc) is 2.73. The Hall–Kier alpha value is -3.79. The topological polar surface area (TPSA) is 59.1 Å². The van der Waals surface area contributed by atoms with Crippen molar-refractivity contribution >= 4 is 28.3 Å². The van der Waals surface area contributed by atoms with Gasteiger partial charge in [0.1, 0.15) is 0 Å². The Bertz CT molecular complexity index is 1290. The molecule has 4 heteroatoms. The molecule has 4 nitrogen and oxygen atoms in total. The van der Waals surface area contributed by atoms with E-state index in [1.165, 1.54) is 12.5 Å². The second-order valence-corrected chi connectivity index (χ2v) is 7.48. The number of carbonyl (C=O) groups is 2. The molecule has 0 bridgehead atoms. The molecule has 0 aliphatic rings. The summed E-state index contributed by atoms with van der Waals surface area (Å²) < 4.78 is 0. The number of anilines is 1. The normalized spacial score (nSPS) is 10.8. The van der Waals surface area contributed by atoms with Crippen molar-refractivity contribution in [3.63, 3.8) is 0 Å². The number of rotatable bonds is 4. The summed E-state index contributed by atoms with van der Waals surface area (Å²) in [5.41, 5.74) is 6.50. The Kier molecular flexibility index (Phi) is 5.15. The molecule has 4 rings (SSSR count). The van der Waals surface area contributed by atoms with Crippen LogP contribution in [0.25, 0.3) is 22.2 Å². The molecule has 0 radical (unpaired) electrons. The van der Waals surface area contributed by atoms with E-state index in [0.717, 1.165) is 27.7 Å². The molecule has 0 unspecified atom stereocenters. The van der Waals surface area contributed by atoms with Crippen LogP contribution in [0.15, 0.2) is 72.8 Å². The molecule has 0 saturated carbocycles. The maximum Gasteiger partial charge on any atom is 0.256 e. The van der Waals surface area contributed by atoms with E-state index in [-0.39, 0.29) is 11.7 Å². The second-order valence-electron chi connectivity index (χ2n) is 7.48. The van der Waals surface area contributed by atoms with Crippen LogP contribution in [0, 0.1) is 13.8 Å². The standard InChI is InChI=1S/C26H22N2O2/c1-16-11-12-21(17(2)13-16)25-15-23(22-9-4-5-10-24(22)28-25)26(30)27-20-8-6-7-19(14-20)18(3)29/h4-15H,1-3H3,(H,27,30). The van der Waals surface area contributed by atoms with Gasteiger partial charge in [0.15, 0.2) is 5.78 Å². The first-order valence-corrected chi connectivity index (χ1v) is 9.82. The molecule has 1 aromatic heterocycles. The average molecular weight is 394 g/mol. The SMILES string of the molecule is CC(=O)c1cccc(NC(=O)c2cc(-c3ccc(C)cc3C)nc3ccccc23)c1. The number of pyridine rings is 1. The van der Waals surface area contributed by atoms with Crippen molar-refractivity contribution in [1.82, 2.24) is 4.98 Å². The summed E-state index contributed by atoms with van der Waals surface area (Å²) in [6.07, 6.45) is 0. The number of nitrogens with one attached hydrogen (secondary N) is 1. The predicted octanol–water partition coefficient (Wildman–Crippen LogP) is 5.97. The summed E-state index contributed by atoms with van der Waals surface area (Å²) in [5.74, 6) is -0.280. The number of nitrogens with zero attached hydrogens (tertiary/aromatic N) is 1. The molecule has 1 amide bonds. The van der Waals surface area contributed by atoms with Gasteiger partial charge in [-0.2, -0.15) is 0 Å². The van der Waals surface area contributed by atoms with Crippen molar-refractivity contribution in [2.45, 2.75) is 20.8 Å². The number of carbonyl (C=O) groups excluding carboxylic acids is 2. The van der Waals surface area contributed by atoms with Crippen LogP contribution in [0.4, 0.5) is 5.69 Å². The number of hydrogen-bond acceptors (Lipinski definition) is 3. The molecular formula is C26H22N2O2. The monoisotopic (exact) mass is 394 g/mol. The Balaban J connectivity index is 1.80. The van der Waals surface area contributed by atoms with Gasteiger partial charge in [0.05, 0.1) is 16.8 Å². The molecule has 1 N–H and O–H groups in total. The smallest absolute Gasteiger partial charge is 0.256 e. The van der Waals surface area contributed by atoms with E-state index in [4.69, 9.17) is 4.98 Å². The molecule has 0 atom stereocenters. The van der Waals surface area contributed by atoms with Crippen LogP contribution in [-0.4, -0.2) is 16.7 Å². The number of Topliss-reactive ketones (excluding diaryl/α,β-unsaturated/α-hetero) is 1. The van der Waals surface area contributed by atoms with Crippen LogP contribution in [-0.2, 0) is 0 Å². The van der Waals surface area contributed by atoms with E-state index in [9.17, 15) is 9.59 Å². The van der Waals surface area contributed by atoms with Gasteiger partial charge in [-0.15, -0.1) is 0 Å². The van der Waals surface area contributed by atoms with Crippen molar-refractivity contribution in [3.8, 4) is 11.3 Å². The van der Waals surface area contributed by atoms with Crippen LogP contribution in [0.5, 0.6) is 0 Å². The number of aromatic nitrogens is 1. The van der Waals surface area contributed by atoms with E-state index >= 15 is 0 Å². The van der Waals surface area contributed by atoms with E-state index in [0.29, 0.717) is 16.8 Å². The quantitative estimate of drug-likeness (QED) is 0.434. The fourth-order valence-corrected chi connectivity index (χ4v) is 3.62. The van der Waals surface area contributed by atoms with Crippen molar-refractivity contribution in [3.05, 3.63) is 95.1 Å². The van der Waals surface area contributed by atoms with Gasteiger partial charge in [-0.1, -0.05) is 54.1 Å². The van der Waals surface area contributed by atoms with E-state index in [2.05, 4.69) is 18.3 Å². The number of amides is 1. The summed E-state index contributed by atoms with van der Waals surface area (Å²) in [6, 6.07) is 22.6. The number of hydrogen-bond donors (Lipinski definition) is 1. The zero-order valence-corrected chi connectivity index (χ0v) is 17.2. The zero-order chi connectivity index (χ0) is 21.3. The van der Waals surface area contributed by atoms with Gasteiger partial charge in [-0.05, 0) is 50.6 Å². The third-order valence-corrected chi connectivity index (χ3v) is 5.15. The highest BCUT2D eigenvalue weighted by Gasteiger charge is 2.15. The molecule has 0 spiro atoms. The van der Waals surface area contributed by atoms with Gasteiger partial charge < -0.3 is 5.32 Å². The minimum atomic E-state index is -0.236. The lowest BCUT2D eigenvalue weighted by molar-refractivity contribution is 0.101. The summed E-state index contributed by atoms with van der Waals surface area (Å²) >= 11 is 0. The van der Waals surface area contributed by atoms with Crippen molar-refractivity contribution in [2.75, 3.05) is 5.32 Å². The molecule has 3 aromatic carbocycles. The predicted molar refractivity (Wildman–Crippen MR) is 121 cm³/mol. The lowest BCUT2D eigenvalue weighted by Gasteiger charge is -2.12. The third-order valence-electron chi connectivity index (χ3n) is 5.15. The second kappa shape index (κ2) is 7.91. The number of para-hydroxylation sites is 1. The molecular weight excluding hydrogens is 372 g/mol. The molecule has 0 aliphatic carbocycles. The van der Waals surface area contributed by atoms with Crippen LogP contribution >= 0.6 is 0 Å². The van der Waals surface area contributed by atoms with Gasteiger partial charge in [-0.25, -0.2) is 4.98 Å². The maximum absolute atomic E-state index is 13.2. The van der Waals surface area contributed by atoms with Crippen LogP contribution in [0.1, 0.15) is 38.8 Å². The summed E-state index contributed by atoms with van der Waals surface area (Å²) in [7, 11) is 0. The Morgan fingerprint density at radius 2 is 1.67 bits per heavy atom. The van der Waals surface area contributed by atoms with Crippen molar-refractivity contribution in [2.24, 2.45) is 0 Å². The Morgan fingerprint density at radius 1 is 0.867 bits per heavy atom. The molecule has 0 fully saturated rings. The minimum absolute atomic E-state index is 0.0439. The number of benzene rings is 3. The molecule has 0 saturated heterocycles. The van der Waals surface area contributed by atoms with Crippen molar-refractivity contribution in [1.29, 1.82) is 0 Å². The van der Waals surface area contributed by atoms with Crippen LogP contribution in [0.2, 0.25) is 0 Å². The largest absolute Gasteiger partial charge is 0.322 e. The first-order valence-electron chi connectivity index (χ1n) is 9.82. The van der Waals surface area contributed by atoms with E-state index < -0.39 is 0 Å². The lowest BCUT2D eigenvalue weighted by atomic mass is 9.99. The summed E-state index contributed by atoms with van der Waals surface area (Å²) in [6.45, 7) is 5.61.